The van der Waals surface area contributed by atoms with E-state index < -0.39 is 0 Å². The van der Waals surface area contributed by atoms with Gasteiger partial charge in [0, 0.05) is 42.7 Å². The van der Waals surface area contributed by atoms with E-state index in [0.29, 0.717) is 0 Å². The zero-order chi connectivity index (χ0) is 12.4. The van der Waals surface area contributed by atoms with Crippen LogP contribution in [0.3, 0.4) is 0 Å². The lowest BCUT2D eigenvalue weighted by Crippen LogP contribution is -2.49. The molecule has 4 heteroatoms. The molecule has 3 heterocycles. The molecule has 2 unspecified atom stereocenters. The molecule has 0 radical (unpaired) electrons. The summed E-state index contributed by atoms with van der Waals surface area (Å²) in [7, 11) is 0. The Kier molecular flexibility index (Phi) is 3.97. The standard InChI is InChI=1S/C14H23N3S/c1-2-15-11-9-12-3-4-13(10-11)17(12)7-5-14-16-6-8-18-14/h6,8,11-13,15H,2-5,7,9-10H2,1H3. The van der Waals surface area contributed by atoms with E-state index in [4.69, 9.17) is 0 Å². The Morgan fingerprint density at radius 2 is 2.17 bits per heavy atom. The van der Waals surface area contributed by atoms with Gasteiger partial charge in [-0.3, -0.25) is 4.90 Å². The van der Waals surface area contributed by atoms with Crippen LogP contribution in [-0.2, 0) is 6.42 Å². The number of aromatic nitrogens is 1. The first kappa shape index (κ1) is 12.6. The molecule has 2 bridgehead atoms. The van der Waals surface area contributed by atoms with Crippen LogP contribution >= 0.6 is 11.3 Å². The third kappa shape index (κ3) is 2.60. The highest BCUT2D eigenvalue weighted by molar-refractivity contribution is 7.09. The molecule has 2 saturated heterocycles. The van der Waals surface area contributed by atoms with Gasteiger partial charge in [-0.2, -0.15) is 0 Å². The normalized spacial score (nSPS) is 31.9. The maximum atomic E-state index is 4.40. The average molecular weight is 265 g/mol. The summed E-state index contributed by atoms with van der Waals surface area (Å²) in [6.45, 7) is 4.54. The van der Waals surface area contributed by atoms with Gasteiger partial charge in [-0.15, -0.1) is 11.3 Å². The maximum absolute atomic E-state index is 4.40. The third-order valence-electron chi connectivity index (χ3n) is 4.44. The Hall–Kier alpha value is -0.450. The molecular weight excluding hydrogens is 242 g/mol. The second-order valence-corrected chi connectivity index (χ2v) is 6.50. The molecule has 1 aromatic heterocycles. The monoisotopic (exact) mass is 265 g/mol. The minimum Gasteiger partial charge on any atom is -0.314 e. The summed E-state index contributed by atoms with van der Waals surface area (Å²) in [6.07, 6.45) is 8.57. The number of nitrogens with one attached hydrogen (secondary N) is 1. The summed E-state index contributed by atoms with van der Waals surface area (Å²) in [4.78, 5) is 7.15. The van der Waals surface area contributed by atoms with Crippen molar-refractivity contribution in [1.29, 1.82) is 0 Å². The fourth-order valence-electron chi connectivity index (χ4n) is 3.70. The van der Waals surface area contributed by atoms with Gasteiger partial charge in [-0.05, 0) is 32.2 Å². The van der Waals surface area contributed by atoms with E-state index >= 15 is 0 Å². The van der Waals surface area contributed by atoms with Gasteiger partial charge in [-0.25, -0.2) is 4.98 Å². The molecule has 3 rings (SSSR count). The lowest BCUT2D eigenvalue weighted by molar-refractivity contribution is 0.119. The van der Waals surface area contributed by atoms with Crippen molar-refractivity contribution in [2.24, 2.45) is 0 Å². The van der Waals surface area contributed by atoms with Crippen LogP contribution in [-0.4, -0.2) is 41.1 Å². The molecule has 0 amide bonds. The van der Waals surface area contributed by atoms with Crippen LogP contribution in [0.1, 0.15) is 37.6 Å². The Morgan fingerprint density at radius 1 is 1.39 bits per heavy atom. The van der Waals surface area contributed by atoms with Crippen LogP contribution in [0.5, 0.6) is 0 Å². The molecule has 0 saturated carbocycles. The average Bonchev–Trinajstić information content (AvgIpc) is 2.94. The Balaban J connectivity index is 1.55. The van der Waals surface area contributed by atoms with Crippen LogP contribution < -0.4 is 5.32 Å². The fraction of sp³-hybridized carbons (Fsp3) is 0.786. The molecule has 2 aliphatic rings. The molecular formula is C14H23N3S. The highest BCUT2D eigenvalue weighted by Crippen LogP contribution is 2.35. The topological polar surface area (TPSA) is 28.2 Å². The first-order valence-electron chi connectivity index (χ1n) is 7.24. The summed E-state index contributed by atoms with van der Waals surface area (Å²) in [5.41, 5.74) is 0. The highest BCUT2D eigenvalue weighted by Gasteiger charge is 2.39. The van der Waals surface area contributed by atoms with E-state index in [9.17, 15) is 0 Å². The van der Waals surface area contributed by atoms with Crippen molar-refractivity contribution < 1.29 is 0 Å². The molecule has 2 aliphatic heterocycles. The van der Waals surface area contributed by atoms with Gasteiger partial charge < -0.3 is 5.32 Å². The molecule has 0 spiro atoms. The van der Waals surface area contributed by atoms with Gasteiger partial charge in [0.25, 0.3) is 0 Å². The van der Waals surface area contributed by atoms with Crippen molar-refractivity contribution in [2.75, 3.05) is 13.1 Å². The van der Waals surface area contributed by atoms with Crippen LogP contribution in [0.25, 0.3) is 0 Å². The number of hydrogen-bond acceptors (Lipinski definition) is 4. The van der Waals surface area contributed by atoms with Crippen molar-refractivity contribution in [1.82, 2.24) is 15.2 Å². The van der Waals surface area contributed by atoms with Gasteiger partial charge >= 0.3 is 0 Å². The van der Waals surface area contributed by atoms with E-state index in [1.54, 1.807) is 11.3 Å². The quantitative estimate of drug-likeness (QED) is 0.885. The van der Waals surface area contributed by atoms with Gasteiger partial charge in [0.15, 0.2) is 0 Å². The maximum Gasteiger partial charge on any atom is 0.0937 e. The van der Waals surface area contributed by atoms with Crippen molar-refractivity contribution in [2.45, 2.75) is 57.2 Å². The fourth-order valence-corrected chi connectivity index (χ4v) is 4.31. The lowest BCUT2D eigenvalue weighted by atomic mass is 9.97. The number of hydrogen-bond donors (Lipinski definition) is 1. The number of nitrogens with zero attached hydrogens (tertiary/aromatic N) is 2. The van der Waals surface area contributed by atoms with Crippen LogP contribution in [0.4, 0.5) is 0 Å². The summed E-state index contributed by atoms with van der Waals surface area (Å²) in [5, 5.41) is 7.02. The van der Waals surface area contributed by atoms with E-state index in [-0.39, 0.29) is 0 Å². The van der Waals surface area contributed by atoms with E-state index in [1.165, 1.54) is 37.2 Å². The summed E-state index contributed by atoms with van der Waals surface area (Å²) >= 11 is 1.79. The van der Waals surface area contributed by atoms with E-state index in [0.717, 1.165) is 31.1 Å². The molecule has 0 aliphatic carbocycles. The smallest absolute Gasteiger partial charge is 0.0937 e. The SMILES string of the molecule is CCNC1CC2CCC(C1)N2CCc1nccs1. The van der Waals surface area contributed by atoms with Gasteiger partial charge in [-0.1, -0.05) is 6.92 Å². The highest BCUT2D eigenvalue weighted by atomic mass is 32.1. The number of thiazole rings is 1. The first-order chi connectivity index (χ1) is 8.86. The second-order valence-electron chi connectivity index (χ2n) is 5.52. The predicted molar refractivity (Wildman–Crippen MR) is 76.0 cm³/mol. The van der Waals surface area contributed by atoms with Crippen molar-refractivity contribution >= 4 is 11.3 Å². The minimum absolute atomic E-state index is 0.767. The zero-order valence-corrected chi connectivity index (χ0v) is 12.0. The molecule has 0 aromatic carbocycles. The molecule has 2 fully saturated rings. The number of piperidine rings is 1. The minimum atomic E-state index is 0.767. The molecule has 100 valence electrons. The number of rotatable bonds is 5. The Morgan fingerprint density at radius 3 is 2.78 bits per heavy atom. The van der Waals surface area contributed by atoms with Gasteiger partial charge in [0.05, 0.1) is 5.01 Å². The van der Waals surface area contributed by atoms with Crippen molar-refractivity contribution in [3.05, 3.63) is 16.6 Å². The van der Waals surface area contributed by atoms with Gasteiger partial charge in [0.1, 0.15) is 0 Å². The van der Waals surface area contributed by atoms with E-state index in [2.05, 4.69) is 27.5 Å². The van der Waals surface area contributed by atoms with Crippen LogP contribution in [0, 0.1) is 0 Å². The molecule has 3 nitrogen and oxygen atoms in total. The van der Waals surface area contributed by atoms with Crippen molar-refractivity contribution in [3.8, 4) is 0 Å². The Bertz CT molecular complexity index is 351. The predicted octanol–water partition coefficient (Wildman–Crippen LogP) is 2.29. The third-order valence-corrected chi connectivity index (χ3v) is 5.28. The van der Waals surface area contributed by atoms with E-state index in [1.807, 2.05) is 6.20 Å². The molecule has 18 heavy (non-hydrogen) atoms. The molecule has 1 N–H and O–H groups in total. The lowest BCUT2D eigenvalue weighted by Gasteiger charge is -2.39. The van der Waals surface area contributed by atoms with Crippen molar-refractivity contribution in [3.63, 3.8) is 0 Å². The summed E-state index contributed by atoms with van der Waals surface area (Å²) < 4.78 is 0. The van der Waals surface area contributed by atoms with Gasteiger partial charge in [0.2, 0.25) is 0 Å². The molecule has 2 atom stereocenters. The van der Waals surface area contributed by atoms with Crippen LogP contribution in [0.2, 0.25) is 0 Å². The zero-order valence-electron chi connectivity index (χ0n) is 11.1. The number of fused-ring (bicyclic) bond motifs is 2. The summed E-state index contributed by atoms with van der Waals surface area (Å²) in [6, 6.07) is 2.42. The largest absolute Gasteiger partial charge is 0.314 e. The van der Waals surface area contributed by atoms with Crippen LogP contribution in [0.15, 0.2) is 11.6 Å². The first-order valence-corrected chi connectivity index (χ1v) is 8.12. The molecule has 1 aromatic rings. The second kappa shape index (κ2) is 5.68. The Labute approximate surface area is 114 Å². The summed E-state index contributed by atoms with van der Waals surface area (Å²) in [5.74, 6) is 0.